The van der Waals surface area contributed by atoms with Crippen molar-refractivity contribution in [2.24, 2.45) is 5.73 Å². The van der Waals surface area contributed by atoms with Crippen LogP contribution >= 0.6 is 0 Å². The van der Waals surface area contributed by atoms with Gasteiger partial charge in [-0.05, 0) is 42.8 Å². The van der Waals surface area contributed by atoms with Crippen LogP contribution in [0.4, 0.5) is 5.69 Å². The molecular weight excluding hydrogens is 298 g/mol. The van der Waals surface area contributed by atoms with Crippen molar-refractivity contribution in [1.29, 1.82) is 0 Å². The highest BCUT2D eigenvalue weighted by molar-refractivity contribution is 5.94. The average molecular weight is 325 g/mol. The summed E-state index contributed by atoms with van der Waals surface area (Å²) in [5.41, 5.74) is 9.09. The molecule has 0 radical (unpaired) electrons. The molecule has 128 valence electrons. The van der Waals surface area contributed by atoms with E-state index in [1.807, 2.05) is 48.5 Å². The minimum absolute atomic E-state index is 0.154. The molecule has 0 bridgehead atoms. The highest BCUT2D eigenvalue weighted by Gasteiger charge is 2.14. The molecule has 0 aromatic heterocycles. The van der Waals surface area contributed by atoms with Gasteiger partial charge in [-0.1, -0.05) is 56.3 Å². The molecule has 4 nitrogen and oxygen atoms in total. The normalized spacial score (nSPS) is 12.2. The summed E-state index contributed by atoms with van der Waals surface area (Å²) in [4.78, 5) is 14.7. The van der Waals surface area contributed by atoms with Gasteiger partial charge in [-0.3, -0.25) is 9.69 Å². The maximum absolute atomic E-state index is 12.3. The Hall–Kier alpha value is -2.17. The van der Waals surface area contributed by atoms with Crippen LogP contribution in [0.3, 0.4) is 0 Å². The van der Waals surface area contributed by atoms with Gasteiger partial charge in [-0.15, -0.1) is 0 Å². The van der Waals surface area contributed by atoms with Crippen molar-refractivity contribution in [1.82, 2.24) is 4.90 Å². The first-order chi connectivity index (χ1) is 11.6. The van der Waals surface area contributed by atoms with Gasteiger partial charge in [-0.2, -0.15) is 0 Å². The second-order valence-electron chi connectivity index (χ2n) is 5.95. The third-order valence-electron chi connectivity index (χ3n) is 4.13. The van der Waals surface area contributed by atoms with Crippen molar-refractivity contribution in [2.75, 3.05) is 18.4 Å². The monoisotopic (exact) mass is 325 g/mol. The Kier molecular flexibility index (Phi) is 6.97. The summed E-state index contributed by atoms with van der Waals surface area (Å²) in [7, 11) is 0. The summed E-state index contributed by atoms with van der Waals surface area (Å²) >= 11 is 0. The Morgan fingerprint density at radius 2 is 1.71 bits per heavy atom. The fourth-order valence-corrected chi connectivity index (χ4v) is 2.65. The Morgan fingerprint density at radius 1 is 1.04 bits per heavy atom. The van der Waals surface area contributed by atoms with E-state index in [1.165, 1.54) is 5.56 Å². The molecule has 0 saturated carbocycles. The highest BCUT2D eigenvalue weighted by atomic mass is 16.2. The zero-order chi connectivity index (χ0) is 17.4. The number of hydrogen-bond acceptors (Lipinski definition) is 3. The maximum Gasteiger partial charge on any atom is 0.241 e. The van der Waals surface area contributed by atoms with E-state index in [1.54, 1.807) is 0 Å². The van der Waals surface area contributed by atoms with E-state index in [4.69, 9.17) is 5.73 Å². The van der Waals surface area contributed by atoms with Crippen molar-refractivity contribution >= 4 is 11.6 Å². The summed E-state index contributed by atoms with van der Waals surface area (Å²) in [6.45, 7) is 7.20. The van der Waals surface area contributed by atoms with Crippen LogP contribution < -0.4 is 11.1 Å². The Bertz CT molecular complexity index is 638. The van der Waals surface area contributed by atoms with E-state index in [2.05, 4.69) is 30.1 Å². The molecule has 24 heavy (non-hydrogen) atoms. The van der Waals surface area contributed by atoms with E-state index in [0.717, 1.165) is 30.9 Å². The molecule has 0 aliphatic rings. The third-order valence-corrected chi connectivity index (χ3v) is 4.13. The number of amides is 1. The summed E-state index contributed by atoms with van der Waals surface area (Å²) in [6.07, 6.45) is 0.534. The van der Waals surface area contributed by atoms with Crippen LogP contribution in [-0.4, -0.2) is 29.9 Å². The van der Waals surface area contributed by atoms with E-state index >= 15 is 0 Å². The molecule has 2 aromatic carbocycles. The van der Waals surface area contributed by atoms with Gasteiger partial charge in [0.2, 0.25) is 5.91 Å². The Balaban J connectivity index is 1.96. The van der Waals surface area contributed by atoms with Crippen molar-refractivity contribution in [3.8, 4) is 0 Å². The second-order valence-corrected chi connectivity index (χ2v) is 5.95. The van der Waals surface area contributed by atoms with Gasteiger partial charge in [-0.25, -0.2) is 0 Å². The molecule has 3 N–H and O–H groups in total. The molecule has 2 rings (SSSR count). The number of rotatable bonds is 8. The first-order valence-corrected chi connectivity index (χ1v) is 8.54. The first kappa shape index (κ1) is 18.2. The van der Waals surface area contributed by atoms with Gasteiger partial charge < -0.3 is 11.1 Å². The van der Waals surface area contributed by atoms with Gasteiger partial charge in [0.05, 0.1) is 6.04 Å². The molecule has 0 aliphatic heterocycles. The topological polar surface area (TPSA) is 58.4 Å². The molecule has 1 amide bonds. The second kappa shape index (κ2) is 9.21. The molecule has 0 saturated heterocycles. The van der Waals surface area contributed by atoms with Crippen LogP contribution in [0.25, 0.3) is 0 Å². The number of carbonyl (C=O) groups excluding carboxylic acids is 1. The van der Waals surface area contributed by atoms with Crippen LogP contribution in [-0.2, 0) is 17.8 Å². The van der Waals surface area contributed by atoms with Crippen molar-refractivity contribution in [3.63, 3.8) is 0 Å². The molecule has 2 aromatic rings. The molecule has 0 fully saturated rings. The van der Waals surface area contributed by atoms with Crippen LogP contribution in [0.5, 0.6) is 0 Å². The minimum atomic E-state index is -0.557. The molecule has 1 atom stereocenters. The number of nitrogens with zero attached hydrogens (tertiary/aromatic N) is 1. The first-order valence-electron chi connectivity index (χ1n) is 8.54. The number of nitrogens with two attached hydrogens (primary N) is 1. The van der Waals surface area contributed by atoms with E-state index in [-0.39, 0.29) is 5.91 Å². The Morgan fingerprint density at radius 3 is 2.38 bits per heavy atom. The predicted octanol–water partition coefficient (Wildman–Crippen LogP) is 3.04. The summed E-state index contributed by atoms with van der Waals surface area (Å²) in [5, 5.41) is 2.93. The number of anilines is 1. The number of nitrogens with one attached hydrogen (secondary N) is 1. The average Bonchev–Trinajstić information content (AvgIpc) is 2.60. The van der Waals surface area contributed by atoms with E-state index < -0.39 is 6.04 Å². The van der Waals surface area contributed by atoms with Crippen LogP contribution in [0.2, 0.25) is 0 Å². The van der Waals surface area contributed by atoms with Gasteiger partial charge in [0.15, 0.2) is 0 Å². The molecule has 0 heterocycles. The zero-order valence-corrected chi connectivity index (χ0v) is 14.5. The van der Waals surface area contributed by atoms with Gasteiger partial charge >= 0.3 is 0 Å². The highest BCUT2D eigenvalue weighted by Crippen LogP contribution is 2.13. The molecule has 4 heteroatoms. The lowest BCUT2D eigenvalue weighted by atomic mass is 10.1. The maximum atomic E-state index is 12.3. The number of hydrogen-bond donors (Lipinski definition) is 2. The van der Waals surface area contributed by atoms with Crippen LogP contribution in [0.1, 0.15) is 25.0 Å². The van der Waals surface area contributed by atoms with Gasteiger partial charge in [0.1, 0.15) is 0 Å². The summed E-state index contributed by atoms with van der Waals surface area (Å²) in [5.74, 6) is -0.154. The third kappa shape index (κ3) is 5.48. The largest absolute Gasteiger partial charge is 0.325 e. The lowest BCUT2D eigenvalue weighted by Gasteiger charge is -2.18. The minimum Gasteiger partial charge on any atom is -0.325 e. The molecule has 0 spiro atoms. The van der Waals surface area contributed by atoms with Gasteiger partial charge in [0, 0.05) is 12.2 Å². The predicted molar refractivity (Wildman–Crippen MR) is 99.8 cm³/mol. The number of carbonyl (C=O) groups is 1. The molecule has 0 aliphatic carbocycles. The van der Waals surface area contributed by atoms with Crippen LogP contribution in [0.15, 0.2) is 54.6 Å². The molecular formula is C20H27N3O. The summed E-state index contributed by atoms with van der Waals surface area (Å²) in [6, 6.07) is 17.2. The van der Waals surface area contributed by atoms with Crippen LogP contribution in [0, 0.1) is 0 Å². The standard InChI is InChI=1S/C20H27N3O/c1-3-23(4-2)15-17-11-8-12-18(13-17)22-20(24)19(21)14-16-9-6-5-7-10-16/h5-13,19H,3-4,14-15,21H2,1-2H3,(H,22,24). The van der Waals surface area contributed by atoms with Crippen molar-refractivity contribution in [3.05, 3.63) is 65.7 Å². The van der Waals surface area contributed by atoms with E-state index in [0.29, 0.717) is 6.42 Å². The van der Waals surface area contributed by atoms with E-state index in [9.17, 15) is 4.79 Å². The fraction of sp³-hybridized carbons (Fsp3) is 0.350. The van der Waals surface area contributed by atoms with Crippen molar-refractivity contribution < 1.29 is 4.79 Å². The lowest BCUT2D eigenvalue weighted by molar-refractivity contribution is -0.117. The van der Waals surface area contributed by atoms with Gasteiger partial charge in [0.25, 0.3) is 0 Å². The SMILES string of the molecule is CCN(CC)Cc1cccc(NC(=O)C(N)Cc2ccccc2)c1. The quantitative estimate of drug-likeness (QED) is 0.784. The zero-order valence-electron chi connectivity index (χ0n) is 14.5. The lowest BCUT2D eigenvalue weighted by Crippen LogP contribution is -2.37. The Labute approximate surface area is 144 Å². The van der Waals surface area contributed by atoms with Crippen molar-refractivity contribution in [2.45, 2.75) is 32.9 Å². The smallest absolute Gasteiger partial charge is 0.241 e. The number of benzene rings is 2. The fourth-order valence-electron chi connectivity index (χ4n) is 2.65. The summed E-state index contributed by atoms with van der Waals surface area (Å²) < 4.78 is 0. The molecule has 1 unspecified atom stereocenters.